The Hall–Kier alpha value is -3.91. The van der Waals surface area contributed by atoms with Gasteiger partial charge in [-0.1, -0.05) is 66.4 Å². The van der Waals surface area contributed by atoms with Crippen molar-refractivity contribution in [2.24, 2.45) is 9.98 Å². The van der Waals surface area contributed by atoms with E-state index in [1.807, 2.05) is 78.9 Å². The Bertz CT molecular complexity index is 1310. The molecule has 0 saturated carbocycles. The second-order valence-electron chi connectivity index (χ2n) is 8.16. The minimum atomic E-state index is -0.520. The summed E-state index contributed by atoms with van der Waals surface area (Å²) < 4.78 is 5.16. The minimum Gasteiger partial charge on any atom is -0.497 e. The molecule has 176 valence electrons. The third-order valence-electron chi connectivity index (χ3n) is 5.80. The summed E-state index contributed by atoms with van der Waals surface area (Å²) in [5.74, 6) is 1.24. The van der Waals surface area contributed by atoms with Gasteiger partial charge >= 0.3 is 0 Å². The lowest BCUT2D eigenvalue weighted by Crippen LogP contribution is -2.42. The average molecular weight is 485 g/mol. The largest absolute Gasteiger partial charge is 0.497 e. The summed E-state index contributed by atoms with van der Waals surface area (Å²) in [6, 6.07) is 24.5. The second-order valence-corrected chi connectivity index (χ2v) is 9.10. The molecule has 0 saturated heterocycles. The lowest BCUT2D eigenvalue weighted by molar-refractivity contribution is -0.124. The Morgan fingerprint density at radius 3 is 2.51 bits per heavy atom. The number of methoxy groups -OCH3 is 1. The molecule has 8 heteroatoms. The number of amidine groups is 2. The fourth-order valence-corrected chi connectivity index (χ4v) is 4.83. The standard InChI is InChI=1S/C27H24N4O3S/c1-34-20-13-11-19(12-14-20)16-28-24(32)17-35-27-30-22-10-6-5-9-21(22)25-29-23(26(33)31(25)27)15-18-7-3-2-4-8-18/h2-14,23H,15-17H2,1H3,(H,28,32)/t23-/m1/s1. The van der Waals surface area contributed by atoms with Crippen molar-refractivity contribution in [3.8, 4) is 5.75 Å². The lowest BCUT2D eigenvalue weighted by Gasteiger charge is -2.25. The van der Waals surface area contributed by atoms with E-state index in [0.29, 0.717) is 24.0 Å². The zero-order chi connectivity index (χ0) is 24.2. The lowest BCUT2D eigenvalue weighted by atomic mass is 10.1. The van der Waals surface area contributed by atoms with Gasteiger partial charge in [0.25, 0.3) is 5.91 Å². The Balaban J connectivity index is 1.29. The van der Waals surface area contributed by atoms with Crippen LogP contribution in [-0.4, -0.2) is 46.6 Å². The Morgan fingerprint density at radius 2 is 1.74 bits per heavy atom. The summed E-state index contributed by atoms with van der Waals surface area (Å²) in [5.41, 5.74) is 3.59. The molecule has 0 spiro atoms. The van der Waals surface area contributed by atoms with E-state index in [2.05, 4.69) is 5.32 Å². The zero-order valence-corrected chi connectivity index (χ0v) is 20.0. The highest BCUT2D eigenvalue weighted by Crippen LogP contribution is 2.34. The summed E-state index contributed by atoms with van der Waals surface area (Å²) in [6.07, 6.45) is 0.516. The number of nitrogens with one attached hydrogen (secondary N) is 1. The van der Waals surface area contributed by atoms with Crippen LogP contribution in [0.5, 0.6) is 5.75 Å². The number of amides is 2. The summed E-state index contributed by atoms with van der Waals surface area (Å²) >= 11 is 1.24. The van der Waals surface area contributed by atoms with Gasteiger partial charge in [0.1, 0.15) is 17.6 Å². The first kappa shape index (κ1) is 22.9. The molecule has 0 aliphatic carbocycles. The number of hydrogen-bond acceptors (Lipinski definition) is 6. The molecule has 3 aromatic rings. The van der Waals surface area contributed by atoms with Crippen LogP contribution in [0, 0.1) is 0 Å². The summed E-state index contributed by atoms with van der Waals surface area (Å²) in [4.78, 5) is 37.0. The van der Waals surface area contributed by atoms with Gasteiger partial charge in [-0.25, -0.2) is 9.89 Å². The quantitative estimate of drug-likeness (QED) is 0.551. The molecule has 0 radical (unpaired) electrons. The van der Waals surface area contributed by atoms with Crippen molar-refractivity contribution in [1.29, 1.82) is 0 Å². The zero-order valence-electron chi connectivity index (χ0n) is 19.2. The van der Waals surface area contributed by atoms with Crippen LogP contribution in [-0.2, 0) is 22.6 Å². The van der Waals surface area contributed by atoms with Gasteiger partial charge in [-0.2, -0.15) is 0 Å². The number of para-hydroxylation sites is 1. The third kappa shape index (κ3) is 4.97. The average Bonchev–Trinajstić information content (AvgIpc) is 3.23. The molecule has 0 fully saturated rings. The van der Waals surface area contributed by atoms with Crippen molar-refractivity contribution in [2.45, 2.75) is 19.0 Å². The highest BCUT2D eigenvalue weighted by Gasteiger charge is 2.41. The molecule has 1 atom stereocenters. The fourth-order valence-electron chi connectivity index (χ4n) is 3.99. The van der Waals surface area contributed by atoms with E-state index in [9.17, 15) is 9.59 Å². The van der Waals surface area contributed by atoms with Gasteiger partial charge in [0.15, 0.2) is 5.17 Å². The molecule has 0 unspecified atom stereocenters. The Morgan fingerprint density at radius 1 is 1.00 bits per heavy atom. The molecule has 0 aromatic heterocycles. The number of hydrogen-bond donors (Lipinski definition) is 1. The number of carbonyl (C=O) groups is 2. The van der Waals surface area contributed by atoms with Crippen molar-refractivity contribution < 1.29 is 14.3 Å². The maximum Gasteiger partial charge on any atom is 0.259 e. The monoisotopic (exact) mass is 484 g/mol. The highest BCUT2D eigenvalue weighted by atomic mass is 32.2. The van der Waals surface area contributed by atoms with E-state index in [1.54, 1.807) is 12.0 Å². The van der Waals surface area contributed by atoms with Gasteiger partial charge in [-0.15, -0.1) is 0 Å². The Kier molecular flexibility index (Phi) is 6.63. The third-order valence-corrected chi connectivity index (χ3v) is 6.74. The van der Waals surface area contributed by atoms with Gasteiger partial charge in [0, 0.05) is 18.5 Å². The number of carbonyl (C=O) groups excluding carboxylic acids is 2. The number of thioether (sulfide) groups is 1. The number of benzene rings is 3. The molecular weight excluding hydrogens is 460 g/mol. The van der Waals surface area contributed by atoms with Crippen LogP contribution in [0.1, 0.15) is 16.7 Å². The molecular formula is C27H24N4O3S. The first-order valence-electron chi connectivity index (χ1n) is 11.3. The topological polar surface area (TPSA) is 83.4 Å². The van der Waals surface area contributed by atoms with Crippen LogP contribution in [0.15, 0.2) is 88.8 Å². The first-order valence-corrected chi connectivity index (χ1v) is 12.3. The molecule has 0 bridgehead atoms. The van der Waals surface area contributed by atoms with Gasteiger partial charge in [-0.3, -0.25) is 14.6 Å². The van der Waals surface area contributed by atoms with E-state index >= 15 is 0 Å². The van der Waals surface area contributed by atoms with E-state index in [-0.39, 0.29) is 17.6 Å². The number of rotatable bonds is 7. The number of ether oxygens (including phenoxy) is 1. The van der Waals surface area contributed by atoms with Crippen LogP contribution in [0.2, 0.25) is 0 Å². The molecule has 2 heterocycles. The molecule has 1 N–H and O–H groups in total. The molecule has 3 aromatic carbocycles. The second kappa shape index (κ2) is 10.1. The van der Waals surface area contributed by atoms with E-state index in [0.717, 1.165) is 28.1 Å². The summed E-state index contributed by atoms with van der Waals surface area (Å²) in [5, 5.41) is 3.39. The first-order chi connectivity index (χ1) is 17.1. The number of fused-ring (bicyclic) bond motifs is 3. The molecule has 2 aliphatic rings. The predicted octanol–water partition coefficient (Wildman–Crippen LogP) is 3.95. The molecule has 7 nitrogen and oxygen atoms in total. The minimum absolute atomic E-state index is 0.122. The van der Waals surface area contributed by atoms with Crippen LogP contribution in [0.3, 0.4) is 0 Å². The number of aliphatic imine (C=N–C) groups is 2. The van der Waals surface area contributed by atoms with Crippen molar-refractivity contribution in [3.05, 3.63) is 95.6 Å². The van der Waals surface area contributed by atoms with Crippen molar-refractivity contribution in [1.82, 2.24) is 10.2 Å². The van der Waals surface area contributed by atoms with E-state index < -0.39 is 6.04 Å². The maximum absolute atomic E-state index is 13.4. The van der Waals surface area contributed by atoms with E-state index in [1.165, 1.54) is 11.8 Å². The summed E-state index contributed by atoms with van der Waals surface area (Å²) in [7, 11) is 1.62. The fraction of sp³-hybridized carbons (Fsp3) is 0.185. The molecule has 2 aliphatic heterocycles. The van der Waals surface area contributed by atoms with Crippen LogP contribution in [0.4, 0.5) is 5.69 Å². The van der Waals surface area contributed by atoms with Gasteiger partial charge < -0.3 is 10.1 Å². The van der Waals surface area contributed by atoms with E-state index in [4.69, 9.17) is 14.7 Å². The van der Waals surface area contributed by atoms with Crippen LogP contribution < -0.4 is 10.1 Å². The van der Waals surface area contributed by atoms with Crippen molar-refractivity contribution >= 4 is 40.3 Å². The van der Waals surface area contributed by atoms with Gasteiger partial charge in [0.2, 0.25) is 5.91 Å². The summed E-state index contributed by atoms with van der Waals surface area (Å²) in [6.45, 7) is 0.410. The molecule has 5 rings (SSSR count). The highest BCUT2D eigenvalue weighted by molar-refractivity contribution is 8.14. The normalized spacial score (nSPS) is 16.2. The SMILES string of the molecule is COc1ccc(CNC(=O)CSC2=Nc3ccccc3C3=N[C@H](Cc4ccccc4)C(=O)N23)cc1. The van der Waals surface area contributed by atoms with Gasteiger partial charge in [0.05, 0.1) is 18.6 Å². The smallest absolute Gasteiger partial charge is 0.259 e. The molecule has 35 heavy (non-hydrogen) atoms. The van der Waals surface area contributed by atoms with Crippen molar-refractivity contribution in [2.75, 3.05) is 12.9 Å². The van der Waals surface area contributed by atoms with Crippen LogP contribution >= 0.6 is 11.8 Å². The predicted molar refractivity (Wildman–Crippen MR) is 138 cm³/mol. The van der Waals surface area contributed by atoms with Gasteiger partial charge in [-0.05, 0) is 35.4 Å². The number of nitrogens with zero attached hydrogens (tertiary/aromatic N) is 3. The van der Waals surface area contributed by atoms with Crippen LogP contribution in [0.25, 0.3) is 0 Å². The maximum atomic E-state index is 13.4. The van der Waals surface area contributed by atoms with Crippen molar-refractivity contribution in [3.63, 3.8) is 0 Å². The molecule has 2 amide bonds. The Labute approximate surface area is 207 Å².